The highest BCUT2D eigenvalue weighted by Crippen LogP contribution is 2.35. The summed E-state index contributed by atoms with van der Waals surface area (Å²) in [6, 6.07) is 14.6. The Labute approximate surface area is 182 Å². The molecule has 1 N–H and O–H groups in total. The van der Waals surface area contributed by atoms with Gasteiger partial charge in [0.15, 0.2) is 11.5 Å². The molecular weight excluding hydrogens is 416 g/mol. The Kier molecular flexibility index (Phi) is 5.25. The van der Waals surface area contributed by atoms with Gasteiger partial charge in [-0.05, 0) is 37.1 Å². The summed E-state index contributed by atoms with van der Waals surface area (Å²) < 4.78 is 10.6. The van der Waals surface area contributed by atoms with Crippen LogP contribution in [0.1, 0.15) is 43.9 Å². The quantitative estimate of drug-likeness (QED) is 0.672. The predicted octanol–water partition coefficient (Wildman–Crippen LogP) is 3.54. The van der Waals surface area contributed by atoms with Gasteiger partial charge in [0.25, 0.3) is 11.8 Å². The third-order valence-corrected chi connectivity index (χ3v) is 6.50. The summed E-state index contributed by atoms with van der Waals surface area (Å²) in [5.74, 6) is 1.21. The Morgan fingerprint density at radius 3 is 2.58 bits per heavy atom. The van der Waals surface area contributed by atoms with Gasteiger partial charge < -0.3 is 19.7 Å². The lowest BCUT2D eigenvalue weighted by Gasteiger charge is -2.31. The van der Waals surface area contributed by atoms with Crippen molar-refractivity contribution in [1.29, 1.82) is 0 Å². The number of carbonyl (C=O) groups is 2. The number of rotatable bonds is 4. The topological polar surface area (TPSA) is 93.7 Å². The van der Waals surface area contributed by atoms with E-state index in [0.29, 0.717) is 40.8 Å². The first kappa shape index (κ1) is 19.5. The van der Waals surface area contributed by atoms with Crippen molar-refractivity contribution in [2.75, 3.05) is 25.2 Å². The van der Waals surface area contributed by atoms with Crippen molar-refractivity contribution >= 4 is 28.8 Å². The van der Waals surface area contributed by atoms with Crippen molar-refractivity contribution in [3.05, 3.63) is 64.1 Å². The fraction of sp³-hybridized carbons (Fsp3) is 0.273. The molecule has 31 heavy (non-hydrogen) atoms. The number of piperidine rings is 1. The van der Waals surface area contributed by atoms with Gasteiger partial charge >= 0.3 is 0 Å². The highest BCUT2D eigenvalue weighted by atomic mass is 32.1. The van der Waals surface area contributed by atoms with E-state index >= 15 is 0 Å². The van der Waals surface area contributed by atoms with Crippen LogP contribution in [0.2, 0.25) is 0 Å². The van der Waals surface area contributed by atoms with Crippen LogP contribution in [0.3, 0.4) is 0 Å². The van der Waals surface area contributed by atoms with E-state index < -0.39 is 0 Å². The van der Waals surface area contributed by atoms with Crippen molar-refractivity contribution in [1.82, 2.24) is 15.1 Å². The summed E-state index contributed by atoms with van der Waals surface area (Å²) in [5, 5.41) is 12.3. The third kappa shape index (κ3) is 4.09. The van der Waals surface area contributed by atoms with Gasteiger partial charge in [0.05, 0.1) is 0 Å². The highest BCUT2D eigenvalue weighted by molar-refractivity contribution is 7.13. The van der Waals surface area contributed by atoms with E-state index in [9.17, 15) is 9.59 Å². The van der Waals surface area contributed by atoms with Crippen LogP contribution in [0.5, 0.6) is 11.5 Å². The van der Waals surface area contributed by atoms with E-state index in [1.54, 1.807) is 18.2 Å². The smallest absolute Gasteiger partial charge is 0.286 e. The molecule has 0 radical (unpaired) electrons. The molecule has 0 saturated carbocycles. The Hall–Kier alpha value is -3.46. The van der Waals surface area contributed by atoms with Crippen LogP contribution in [0.25, 0.3) is 0 Å². The van der Waals surface area contributed by atoms with E-state index in [1.807, 2.05) is 35.2 Å². The Bertz CT molecular complexity index is 1110. The lowest BCUT2D eigenvalue weighted by atomic mass is 9.97. The van der Waals surface area contributed by atoms with E-state index in [2.05, 4.69) is 15.5 Å². The number of aromatic nitrogens is 2. The maximum Gasteiger partial charge on any atom is 0.286 e. The van der Waals surface area contributed by atoms with Crippen molar-refractivity contribution in [2.45, 2.75) is 18.8 Å². The third-order valence-electron chi connectivity index (χ3n) is 5.42. The van der Waals surface area contributed by atoms with Crippen LogP contribution in [0, 0.1) is 0 Å². The van der Waals surface area contributed by atoms with Crippen molar-refractivity contribution < 1.29 is 19.1 Å². The van der Waals surface area contributed by atoms with Crippen LogP contribution in [-0.4, -0.2) is 46.8 Å². The number of amides is 2. The van der Waals surface area contributed by atoms with Crippen LogP contribution >= 0.6 is 11.3 Å². The highest BCUT2D eigenvalue weighted by Gasteiger charge is 2.27. The van der Waals surface area contributed by atoms with Crippen LogP contribution in [0.4, 0.5) is 5.69 Å². The second-order valence-electron chi connectivity index (χ2n) is 7.40. The molecule has 0 spiro atoms. The first-order valence-electron chi connectivity index (χ1n) is 10.1. The maximum atomic E-state index is 12.6. The number of fused-ring (bicyclic) bond motifs is 1. The number of anilines is 1. The monoisotopic (exact) mass is 436 g/mol. The fourth-order valence-electron chi connectivity index (χ4n) is 3.74. The zero-order chi connectivity index (χ0) is 21.2. The normalized spacial score (nSPS) is 15.7. The summed E-state index contributed by atoms with van der Waals surface area (Å²) >= 11 is 1.30. The number of ether oxygens (including phenoxy) is 2. The van der Waals surface area contributed by atoms with Gasteiger partial charge in [-0.1, -0.05) is 29.5 Å². The zero-order valence-electron chi connectivity index (χ0n) is 16.6. The van der Waals surface area contributed by atoms with Crippen LogP contribution in [0.15, 0.2) is 48.5 Å². The van der Waals surface area contributed by atoms with E-state index in [4.69, 9.17) is 9.47 Å². The zero-order valence-corrected chi connectivity index (χ0v) is 17.4. The summed E-state index contributed by atoms with van der Waals surface area (Å²) in [6.45, 7) is 1.51. The number of carbonyl (C=O) groups excluding carboxylic acids is 2. The summed E-state index contributed by atoms with van der Waals surface area (Å²) in [5.41, 5.74) is 1.32. The molecule has 1 aromatic heterocycles. The van der Waals surface area contributed by atoms with Crippen molar-refractivity contribution in [3.8, 4) is 11.5 Å². The minimum absolute atomic E-state index is 0.0557. The van der Waals surface area contributed by atoms with Gasteiger partial charge in [0, 0.05) is 36.3 Å². The summed E-state index contributed by atoms with van der Waals surface area (Å²) in [4.78, 5) is 27.1. The number of hydrogen-bond acceptors (Lipinski definition) is 7. The SMILES string of the molecule is O=C(Nc1ccc2c(c1)OCO2)c1nnc(C2CCN(C(=O)c3ccccc3)CC2)s1. The molecule has 2 aliphatic heterocycles. The number of likely N-dealkylation sites (tertiary alicyclic amines) is 1. The van der Waals surface area contributed by atoms with E-state index in [-0.39, 0.29) is 24.5 Å². The standard InChI is InChI=1S/C22H20N4O4S/c27-19(23-16-6-7-17-18(12-16)30-13-29-17)21-25-24-20(31-21)14-8-10-26(11-9-14)22(28)15-4-2-1-3-5-15/h1-7,12,14H,8-11,13H2,(H,23,27). The number of benzene rings is 2. The largest absolute Gasteiger partial charge is 0.454 e. The number of hydrogen-bond donors (Lipinski definition) is 1. The lowest BCUT2D eigenvalue weighted by molar-refractivity contribution is 0.0712. The maximum absolute atomic E-state index is 12.6. The molecule has 3 aromatic rings. The molecule has 0 aliphatic carbocycles. The molecule has 1 fully saturated rings. The second-order valence-corrected chi connectivity index (χ2v) is 8.41. The fourth-order valence-corrected chi connectivity index (χ4v) is 4.65. The first-order chi connectivity index (χ1) is 15.2. The number of nitrogens with one attached hydrogen (secondary N) is 1. The Balaban J connectivity index is 1.19. The van der Waals surface area contributed by atoms with Gasteiger partial charge in [-0.15, -0.1) is 10.2 Å². The van der Waals surface area contributed by atoms with Gasteiger partial charge in [-0.2, -0.15) is 0 Å². The van der Waals surface area contributed by atoms with Gasteiger partial charge in [-0.3, -0.25) is 9.59 Å². The average Bonchev–Trinajstić information content (AvgIpc) is 3.49. The molecule has 3 heterocycles. The molecule has 2 aliphatic rings. The molecule has 2 aromatic carbocycles. The average molecular weight is 436 g/mol. The molecule has 0 atom stereocenters. The van der Waals surface area contributed by atoms with Gasteiger partial charge in [0.2, 0.25) is 11.8 Å². The molecule has 5 rings (SSSR count). The molecule has 0 unspecified atom stereocenters. The van der Waals surface area contributed by atoms with Crippen molar-refractivity contribution in [3.63, 3.8) is 0 Å². The first-order valence-corrected chi connectivity index (χ1v) is 10.9. The Morgan fingerprint density at radius 1 is 1.00 bits per heavy atom. The molecular formula is C22H20N4O4S. The Morgan fingerprint density at radius 2 is 1.77 bits per heavy atom. The molecule has 2 amide bonds. The van der Waals surface area contributed by atoms with E-state index in [1.165, 1.54) is 11.3 Å². The molecule has 8 nitrogen and oxygen atoms in total. The van der Waals surface area contributed by atoms with Gasteiger partial charge in [-0.25, -0.2) is 0 Å². The number of nitrogens with zero attached hydrogens (tertiary/aromatic N) is 3. The second kappa shape index (κ2) is 8.35. The predicted molar refractivity (Wildman–Crippen MR) is 115 cm³/mol. The summed E-state index contributed by atoms with van der Waals surface area (Å²) in [7, 11) is 0. The molecule has 9 heteroatoms. The molecule has 0 bridgehead atoms. The lowest BCUT2D eigenvalue weighted by Crippen LogP contribution is -2.37. The molecule has 158 valence electrons. The van der Waals surface area contributed by atoms with Crippen LogP contribution in [-0.2, 0) is 0 Å². The van der Waals surface area contributed by atoms with E-state index in [0.717, 1.165) is 17.8 Å². The minimum atomic E-state index is -0.306. The van der Waals surface area contributed by atoms with Crippen LogP contribution < -0.4 is 14.8 Å². The van der Waals surface area contributed by atoms with Gasteiger partial charge in [0.1, 0.15) is 5.01 Å². The molecule has 1 saturated heterocycles. The summed E-state index contributed by atoms with van der Waals surface area (Å²) in [6.07, 6.45) is 1.61. The minimum Gasteiger partial charge on any atom is -0.454 e. The van der Waals surface area contributed by atoms with Crippen molar-refractivity contribution in [2.24, 2.45) is 0 Å².